The highest BCUT2D eigenvalue weighted by atomic mass is 16.1. The Kier molecular flexibility index (Phi) is 1.57. The molecule has 0 saturated carbocycles. The molecule has 62 valence electrons. The minimum Gasteiger partial charge on any atom is -0.352 e. The first-order valence-electron chi connectivity index (χ1n) is 3.97. The third-order valence-corrected chi connectivity index (χ3v) is 2.18. The van der Waals surface area contributed by atoms with Crippen LogP contribution in [0.2, 0.25) is 0 Å². The van der Waals surface area contributed by atoms with Gasteiger partial charge in [-0.2, -0.15) is 0 Å². The molecule has 2 rings (SSSR count). The molecule has 1 amide bonds. The van der Waals surface area contributed by atoms with Crippen molar-refractivity contribution in [1.29, 1.82) is 0 Å². The van der Waals surface area contributed by atoms with Crippen LogP contribution < -0.4 is 5.32 Å². The second-order valence-electron chi connectivity index (χ2n) is 2.99. The predicted octanol–water partition coefficient (Wildman–Crippen LogP) is 0.562. The number of aromatic nitrogens is 1. The highest BCUT2D eigenvalue weighted by Crippen LogP contribution is 2.15. The summed E-state index contributed by atoms with van der Waals surface area (Å²) < 4.78 is 0. The fourth-order valence-corrected chi connectivity index (χ4v) is 1.48. The molecule has 0 atom stereocenters. The minimum atomic E-state index is 0.105. The molecule has 0 spiro atoms. The summed E-state index contributed by atoms with van der Waals surface area (Å²) in [6, 6.07) is 1.92. The monoisotopic (exact) mass is 162 g/mol. The summed E-state index contributed by atoms with van der Waals surface area (Å²) in [5.74, 6) is 0.105. The van der Waals surface area contributed by atoms with E-state index in [-0.39, 0.29) is 5.91 Å². The summed E-state index contributed by atoms with van der Waals surface area (Å²) >= 11 is 0. The number of fused-ring (bicyclic) bond motifs is 1. The standard InChI is InChI=1S/C9H10N2O/c1-6-8-5-11-9(12)4-7(8)2-3-10-6/h2-3H,4-5H2,1H3,(H,11,12). The minimum absolute atomic E-state index is 0.105. The molecule has 0 bridgehead atoms. The Hall–Kier alpha value is -1.38. The van der Waals surface area contributed by atoms with Gasteiger partial charge in [-0.3, -0.25) is 9.78 Å². The second-order valence-corrected chi connectivity index (χ2v) is 2.99. The molecular formula is C9H10N2O. The third-order valence-electron chi connectivity index (χ3n) is 2.18. The highest BCUT2D eigenvalue weighted by Gasteiger charge is 2.15. The summed E-state index contributed by atoms with van der Waals surface area (Å²) in [5.41, 5.74) is 3.32. The largest absolute Gasteiger partial charge is 0.352 e. The van der Waals surface area contributed by atoms with Gasteiger partial charge in [-0.25, -0.2) is 0 Å². The number of amides is 1. The Morgan fingerprint density at radius 2 is 2.42 bits per heavy atom. The van der Waals surface area contributed by atoms with Gasteiger partial charge >= 0.3 is 0 Å². The number of nitrogens with zero attached hydrogens (tertiary/aromatic N) is 1. The second kappa shape index (κ2) is 2.59. The topological polar surface area (TPSA) is 42.0 Å². The molecule has 1 aromatic rings. The lowest BCUT2D eigenvalue weighted by Gasteiger charge is -2.17. The van der Waals surface area contributed by atoms with Crippen LogP contribution in [-0.4, -0.2) is 10.9 Å². The number of pyridine rings is 1. The Balaban J connectivity index is 2.48. The molecule has 12 heavy (non-hydrogen) atoms. The summed E-state index contributed by atoms with van der Waals surface area (Å²) in [7, 11) is 0. The van der Waals surface area contributed by atoms with E-state index in [1.54, 1.807) is 6.20 Å². The van der Waals surface area contributed by atoms with Crippen molar-refractivity contribution in [3.8, 4) is 0 Å². The van der Waals surface area contributed by atoms with Gasteiger partial charge < -0.3 is 5.32 Å². The molecule has 0 unspecified atom stereocenters. The molecule has 3 nitrogen and oxygen atoms in total. The average Bonchev–Trinajstić information content (AvgIpc) is 2.04. The van der Waals surface area contributed by atoms with E-state index >= 15 is 0 Å². The summed E-state index contributed by atoms with van der Waals surface area (Å²) in [4.78, 5) is 15.2. The van der Waals surface area contributed by atoms with E-state index < -0.39 is 0 Å². The number of hydrogen-bond acceptors (Lipinski definition) is 2. The zero-order valence-electron chi connectivity index (χ0n) is 6.92. The van der Waals surface area contributed by atoms with Gasteiger partial charge in [0.15, 0.2) is 0 Å². The van der Waals surface area contributed by atoms with Crippen molar-refractivity contribution in [3.05, 3.63) is 29.1 Å². The smallest absolute Gasteiger partial charge is 0.224 e. The summed E-state index contributed by atoms with van der Waals surface area (Å²) in [6.07, 6.45) is 2.26. The zero-order chi connectivity index (χ0) is 8.55. The van der Waals surface area contributed by atoms with Gasteiger partial charge in [-0.15, -0.1) is 0 Å². The lowest BCUT2D eigenvalue weighted by Crippen LogP contribution is -2.30. The predicted molar refractivity (Wildman–Crippen MR) is 44.5 cm³/mol. The van der Waals surface area contributed by atoms with E-state index in [4.69, 9.17) is 0 Å². The number of aryl methyl sites for hydroxylation is 1. The van der Waals surface area contributed by atoms with Crippen LogP contribution in [0.25, 0.3) is 0 Å². The van der Waals surface area contributed by atoms with Crippen molar-refractivity contribution in [3.63, 3.8) is 0 Å². The van der Waals surface area contributed by atoms with Crippen LogP contribution in [0.4, 0.5) is 0 Å². The molecule has 0 saturated heterocycles. The van der Waals surface area contributed by atoms with Crippen molar-refractivity contribution < 1.29 is 4.79 Å². The van der Waals surface area contributed by atoms with E-state index in [2.05, 4.69) is 10.3 Å². The molecule has 1 aliphatic heterocycles. The lowest BCUT2D eigenvalue weighted by molar-refractivity contribution is -0.121. The van der Waals surface area contributed by atoms with Crippen molar-refractivity contribution in [1.82, 2.24) is 10.3 Å². The van der Waals surface area contributed by atoms with Crippen molar-refractivity contribution in [2.75, 3.05) is 0 Å². The van der Waals surface area contributed by atoms with Gasteiger partial charge in [0, 0.05) is 18.4 Å². The Labute approximate surface area is 70.8 Å². The fourth-order valence-electron chi connectivity index (χ4n) is 1.48. The Bertz CT molecular complexity index is 333. The van der Waals surface area contributed by atoms with E-state index in [0.717, 1.165) is 11.3 Å². The molecule has 0 fully saturated rings. The highest BCUT2D eigenvalue weighted by molar-refractivity contribution is 5.80. The van der Waals surface area contributed by atoms with Gasteiger partial charge in [-0.05, 0) is 24.1 Å². The fraction of sp³-hybridized carbons (Fsp3) is 0.333. The van der Waals surface area contributed by atoms with Crippen molar-refractivity contribution >= 4 is 5.91 Å². The first-order chi connectivity index (χ1) is 5.77. The van der Waals surface area contributed by atoms with Crippen LogP contribution in [-0.2, 0) is 17.8 Å². The lowest BCUT2D eigenvalue weighted by atomic mass is 10.0. The summed E-state index contributed by atoms with van der Waals surface area (Å²) in [5, 5.41) is 2.80. The van der Waals surface area contributed by atoms with E-state index in [1.165, 1.54) is 5.56 Å². The first-order valence-corrected chi connectivity index (χ1v) is 3.97. The van der Waals surface area contributed by atoms with Gasteiger partial charge in [-0.1, -0.05) is 0 Å². The van der Waals surface area contributed by atoms with Crippen LogP contribution >= 0.6 is 0 Å². The number of carbonyl (C=O) groups excluding carboxylic acids is 1. The van der Waals surface area contributed by atoms with E-state index in [9.17, 15) is 4.79 Å². The maximum absolute atomic E-state index is 11.0. The maximum Gasteiger partial charge on any atom is 0.224 e. The molecule has 0 radical (unpaired) electrons. The van der Waals surface area contributed by atoms with Gasteiger partial charge in [0.05, 0.1) is 6.42 Å². The number of hydrogen-bond donors (Lipinski definition) is 1. The molecule has 1 N–H and O–H groups in total. The summed E-state index contributed by atoms with van der Waals surface area (Å²) in [6.45, 7) is 2.60. The zero-order valence-corrected chi connectivity index (χ0v) is 6.92. The number of rotatable bonds is 0. The molecular weight excluding hydrogens is 152 g/mol. The van der Waals surface area contributed by atoms with Crippen molar-refractivity contribution in [2.45, 2.75) is 19.9 Å². The number of carbonyl (C=O) groups is 1. The van der Waals surface area contributed by atoms with Crippen LogP contribution in [0.1, 0.15) is 16.8 Å². The van der Waals surface area contributed by atoms with Crippen molar-refractivity contribution in [2.24, 2.45) is 0 Å². The average molecular weight is 162 g/mol. The van der Waals surface area contributed by atoms with Gasteiger partial charge in [0.1, 0.15) is 0 Å². The molecule has 1 aliphatic rings. The van der Waals surface area contributed by atoms with Crippen LogP contribution in [0.5, 0.6) is 0 Å². The Morgan fingerprint density at radius 3 is 3.25 bits per heavy atom. The molecule has 2 heterocycles. The van der Waals surface area contributed by atoms with Crippen LogP contribution in [0.15, 0.2) is 12.3 Å². The number of nitrogens with one attached hydrogen (secondary N) is 1. The first kappa shape index (κ1) is 7.28. The van der Waals surface area contributed by atoms with Gasteiger partial charge in [0.25, 0.3) is 0 Å². The molecule has 0 aromatic carbocycles. The molecule has 1 aromatic heterocycles. The maximum atomic E-state index is 11.0. The van der Waals surface area contributed by atoms with E-state index in [0.29, 0.717) is 13.0 Å². The van der Waals surface area contributed by atoms with Gasteiger partial charge in [0.2, 0.25) is 5.91 Å². The van der Waals surface area contributed by atoms with Crippen LogP contribution in [0.3, 0.4) is 0 Å². The normalized spacial score (nSPS) is 15.2. The Morgan fingerprint density at radius 1 is 1.58 bits per heavy atom. The van der Waals surface area contributed by atoms with Crippen LogP contribution in [0, 0.1) is 6.92 Å². The molecule has 0 aliphatic carbocycles. The third kappa shape index (κ3) is 1.07. The quantitative estimate of drug-likeness (QED) is 0.605. The SMILES string of the molecule is Cc1nccc2c1CNC(=O)C2. The molecule has 3 heteroatoms. The van der Waals surface area contributed by atoms with E-state index in [1.807, 2.05) is 13.0 Å².